The van der Waals surface area contributed by atoms with Crippen molar-refractivity contribution in [1.29, 1.82) is 0 Å². The van der Waals surface area contributed by atoms with Crippen molar-refractivity contribution in [2.24, 2.45) is 0 Å². The summed E-state index contributed by atoms with van der Waals surface area (Å²) in [6.07, 6.45) is 2.74. The number of benzene rings is 8. The molecule has 0 amide bonds. The summed E-state index contributed by atoms with van der Waals surface area (Å²) in [5.41, 5.74) is 0. The van der Waals surface area contributed by atoms with Gasteiger partial charge in [0.15, 0.2) is 33.3 Å². The third-order valence-corrected chi connectivity index (χ3v) is 80.9. The van der Waals surface area contributed by atoms with E-state index in [4.69, 9.17) is 57.6 Å². The number of hydrogen-bond donors (Lipinski definition) is 0. The molecule has 0 aromatic heterocycles. The van der Waals surface area contributed by atoms with E-state index < -0.39 is 124 Å². The minimum absolute atomic E-state index is 0.543. The Labute approximate surface area is 594 Å². The van der Waals surface area contributed by atoms with Crippen molar-refractivity contribution < 1.29 is 57.6 Å². The molecule has 7 aliphatic rings. The van der Waals surface area contributed by atoms with Gasteiger partial charge in [0, 0.05) is 41.5 Å². The summed E-state index contributed by atoms with van der Waals surface area (Å²) in [6, 6.07) is 80.9. The molecular weight excluding hydrogens is 1430 g/mol. The average Bonchev–Trinajstić information content (AvgIpc) is 1.20. The number of rotatable bonds is 12. The van der Waals surface area contributed by atoms with Crippen molar-refractivity contribution >= 4 is 145 Å². The van der Waals surface area contributed by atoms with Crippen LogP contribution in [0.25, 0.3) is 0 Å². The van der Waals surface area contributed by atoms with Crippen LogP contribution in [0.2, 0.25) is 72.5 Å². The number of hydrogen-bond acceptors (Lipinski definition) is 14. The molecular formula is C72H96O14Si12. The molecule has 0 radical (unpaired) electrons. The fourth-order valence-corrected chi connectivity index (χ4v) is 87.2. The molecule has 14 nitrogen and oxygen atoms in total. The van der Waals surface area contributed by atoms with Gasteiger partial charge in [-0.15, -0.1) is 0 Å². The van der Waals surface area contributed by atoms with Crippen LogP contribution in [0, 0.1) is 0 Å². The molecule has 8 bridgehead atoms. The molecule has 7 heterocycles. The van der Waals surface area contributed by atoms with E-state index in [1.165, 1.54) is 0 Å². The van der Waals surface area contributed by atoms with Gasteiger partial charge in [-0.3, -0.25) is 0 Å². The first-order chi connectivity index (χ1) is 46.5. The lowest BCUT2D eigenvalue weighted by Crippen LogP contribution is -2.91. The summed E-state index contributed by atoms with van der Waals surface area (Å²) in [6.45, 7) is 37.5. The molecule has 7 saturated heterocycles. The SMILES string of the molecule is CCC1(C)C(C)(CC)[Si](C)(C)O[Si]2(c3ccccc3)O[Si]3(c4ccccc4)O[Si]4(c5ccccc5)O[Si](c5ccccc5)(O[Si]5(c6ccccc6)O[Si](c6ccccc6)(O2)O[Si](c2ccccc2)(O3)O[Si](C)(C)C(C)(CC)C(C)(CC)[Si](C)(C)O[Si](c2ccccc2)(O4)O5)O[Si]1(C)C. The summed E-state index contributed by atoms with van der Waals surface area (Å²) in [4.78, 5) is 0. The van der Waals surface area contributed by atoms with E-state index in [1.54, 1.807) is 0 Å². The Balaban J connectivity index is 1.39. The van der Waals surface area contributed by atoms with Crippen molar-refractivity contribution in [3.05, 3.63) is 243 Å². The van der Waals surface area contributed by atoms with Gasteiger partial charge in [0.2, 0.25) is 0 Å². The highest BCUT2D eigenvalue weighted by molar-refractivity contribution is 7.12. The number of fused-ring (bicyclic) bond motifs is 10. The second kappa shape index (κ2) is 25.9. The highest BCUT2D eigenvalue weighted by Gasteiger charge is 2.84. The minimum Gasteiger partial charge on any atom is -0.413 e. The molecule has 4 atom stereocenters. The monoisotopic (exact) mass is 1520 g/mol. The predicted octanol–water partition coefficient (Wildman–Crippen LogP) is 12.6. The van der Waals surface area contributed by atoms with Crippen LogP contribution in [-0.4, -0.2) is 104 Å². The molecule has 0 spiro atoms. The summed E-state index contributed by atoms with van der Waals surface area (Å²) in [7, 11) is -56.2. The molecule has 98 heavy (non-hydrogen) atoms. The molecule has 0 saturated carbocycles. The fourth-order valence-electron chi connectivity index (χ4n) is 16.5. The summed E-state index contributed by atoms with van der Waals surface area (Å²) >= 11 is 0. The quantitative estimate of drug-likeness (QED) is 0.108. The van der Waals surface area contributed by atoms with E-state index in [1.807, 2.05) is 194 Å². The van der Waals surface area contributed by atoms with Gasteiger partial charge >= 0.3 is 70.4 Å². The van der Waals surface area contributed by atoms with Gasteiger partial charge in [-0.05, 0) is 72.5 Å². The molecule has 0 N–H and O–H groups in total. The van der Waals surface area contributed by atoms with Crippen LogP contribution < -0.4 is 41.5 Å². The standard InChI is InChI=1S/C72H96O14Si12/c1-17-69(5)70(6,18-2)88(11,12)74-92(62-47-31-22-32-48-62)79-97(67-57-41-27-42-58-67)83-94(64-51-35-24-36-52-64)76-90(15,16)72(8,20-4)71(7,19-3)89(13,14)75-93(63-49-33-23-34-50-63)81-95(85-97,65-53-37-25-38-54-65)77-91(73-87(69,9)10,61-45-29-21-30-46-61)78-96(82-93,66-55-39-26-40-56-66)86-98(80-92,84-94)68-59-43-28-44-60-68/h21-60H,17-20H2,1-16H3. The molecule has 4 unspecified atom stereocenters. The average molecular weight is 1520 g/mol. The molecule has 7 aliphatic heterocycles. The van der Waals surface area contributed by atoms with Gasteiger partial charge in [0.25, 0.3) is 0 Å². The molecule has 7 fully saturated rings. The first kappa shape index (κ1) is 72.2. The lowest BCUT2D eigenvalue weighted by Gasteiger charge is -2.61. The van der Waals surface area contributed by atoms with Crippen LogP contribution in [0.1, 0.15) is 81.1 Å². The van der Waals surface area contributed by atoms with Crippen LogP contribution in [-0.2, 0) is 57.6 Å². The van der Waals surface area contributed by atoms with E-state index in [0.717, 1.165) is 0 Å². The van der Waals surface area contributed by atoms with Crippen molar-refractivity contribution in [3.63, 3.8) is 0 Å². The topological polar surface area (TPSA) is 129 Å². The van der Waals surface area contributed by atoms with Gasteiger partial charge in [0.1, 0.15) is 0 Å². The normalized spacial score (nSPS) is 36.6. The predicted molar refractivity (Wildman–Crippen MR) is 414 cm³/mol. The Kier molecular flexibility index (Phi) is 19.1. The third kappa shape index (κ3) is 11.4. The molecule has 8 aromatic rings. The first-order valence-electron chi connectivity index (χ1n) is 34.7. The highest BCUT2D eigenvalue weighted by atomic mass is 28.6. The van der Waals surface area contributed by atoms with E-state index in [0.29, 0.717) is 67.2 Å². The van der Waals surface area contributed by atoms with Gasteiger partial charge in [0.05, 0.1) is 0 Å². The zero-order valence-electron chi connectivity index (χ0n) is 59.6. The van der Waals surface area contributed by atoms with Crippen molar-refractivity contribution in [2.45, 2.75) is 154 Å². The molecule has 8 aromatic carbocycles. The zero-order valence-corrected chi connectivity index (χ0v) is 71.6. The van der Waals surface area contributed by atoms with Crippen LogP contribution in [0.5, 0.6) is 0 Å². The van der Waals surface area contributed by atoms with Gasteiger partial charge < -0.3 is 57.6 Å². The Morgan fingerprint density at radius 3 is 0.388 bits per heavy atom. The Hall–Kier alpha value is -4.20. The Morgan fingerprint density at radius 2 is 0.286 bits per heavy atom. The largest absolute Gasteiger partial charge is 0.515 e. The molecule has 15 rings (SSSR count). The van der Waals surface area contributed by atoms with Gasteiger partial charge in [-0.2, -0.15) is 0 Å². The van der Waals surface area contributed by atoms with E-state index in [-0.39, 0.29) is 0 Å². The van der Waals surface area contributed by atoms with Crippen LogP contribution in [0.15, 0.2) is 243 Å². The summed E-state index contributed by atoms with van der Waals surface area (Å²) < 4.78 is 127. The van der Waals surface area contributed by atoms with Crippen LogP contribution in [0.4, 0.5) is 0 Å². The summed E-state index contributed by atoms with van der Waals surface area (Å²) in [5.74, 6) is 0. The summed E-state index contributed by atoms with van der Waals surface area (Å²) in [5, 5.41) is 2.05. The molecule has 516 valence electrons. The zero-order chi connectivity index (χ0) is 69.6. The maximum atomic E-state index is 9.14. The van der Waals surface area contributed by atoms with Gasteiger partial charge in [-0.25, -0.2) is 0 Å². The Morgan fingerprint density at radius 1 is 0.184 bits per heavy atom. The maximum Gasteiger partial charge on any atom is 0.515 e. The van der Waals surface area contributed by atoms with Crippen LogP contribution in [0.3, 0.4) is 0 Å². The fraction of sp³-hybridized carbons (Fsp3) is 0.333. The van der Waals surface area contributed by atoms with Crippen molar-refractivity contribution in [2.75, 3.05) is 0 Å². The smallest absolute Gasteiger partial charge is 0.413 e. The Bertz CT molecular complexity index is 3540. The molecule has 0 aliphatic carbocycles. The highest BCUT2D eigenvalue weighted by Crippen LogP contribution is 2.70. The van der Waals surface area contributed by atoms with E-state index in [9.17, 15) is 0 Å². The van der Waals surface area contributed by atoms with Gasteiger partial charge in [-0.1, -0.05) is 324 Å². The second-order valence-electron chi connectivity index (χ2n) is 29.6. The maximum absolute atomic E-state index is 9.14. The first-order valence-corrected chi connectivity index (χ1v) is 60.2. The van der Waals surface area contributed by atoms with Crippen LogP contribution >= 0.6 is 0 Å². The van der Waals surface area contributed by atoms with Crippen molar-refractivity contribution in [3.8, 4) is 0 Å². The second-order valence-corrected chi connectivity index (χ2v) is 71.0. The third-order valence-electron chi connectivity index (χ3n) is 23.8. The van der Waals surface area contributed by atoms with E-state index in [2.05, 4.69) is 156 Å². The van der Waals surface area contributed by atoms with Crippen molar-refractivity contribution in [1.82, 2.24) is 0 Å². The lowest BCUT2D eigenvalue weighted by atomic mass is 9.88. The molecule has 26 heteroatoms. The van der Waals surface area contributed by atoms with E-state index >= 15 is 0 Å². The minimum atomic E-state index is -5.39. The lowest BCUT2D eigenvalue weighted by molar-refractivity contribution is 0.0483.